The van der Waals surface area contributed by atoms with Crippen LogP contribution in [0.5, 0.6) is 0 Å². The van der Waals surface area contributed by atoms with Crippen LogP contribution < -0.4 is 15.5 Å². The molecule has 2 aromatic carbocycles. The highest BCUT2D eigenvalue weighted by molar-refractivity contribution is 6.04. The van der Waals surface area contributed by atoms with Crippen molar-refractivity contribution in [2.75, 3.05) is 23.3 Å². The van der Waals surface area contributed by atoms with Crippen LogP contribution in [-0.2, 0) is 0 Å². The lowest BCUT2D eigenvalue weighted by atomic mass is 10.1. The first-order valence-electron chi connectivity index (χ1n) is 7.17. The van der Waals surface area contributed by atoms with Gasteiger partial charge in [-0.2, -0.15) is 0 Å². The SMILES string of the molecule is Cc1ccc(NC(=O)c2ccc(N3CCNC3=O)cc2)cc1. The molecule has 5 heteroatoms. The van der Waals surface area contributed by atoms with E-state index in [0.29, 0.717) is 18.7 Å². The quantitative estimate of drug-likeness (QED) is 0.914. The Bertz CT molecular complexity index is 693. The maximum Gasteiger partial charge on any atom is 0.321 e. The van der Waals surface area contributed by atoms with Crippen LogP contribution in [0.4, 0.5) is 16.2 Å². The van der Waals surface area contributed by atoms with Crippen molar-refractivity contribution in [2.45, 2.75) is 6.92 Å². The number of anilines is 2. The van der Waals surface area contributed by atoms with E-state index in [-0.39, 0.29) is 11.9 Å². The molecule has 2 N–H and O–H groups in total. The van der Waals surface area contributed by atoms with Gasteiger partial charge in [-0.25, -0.2) is 4.79 Å². The molecule has 3 rings (SSSR count). The maximum atomic E-state index is 12.2. The van der Waals surface area contributed by atoms with Crippen LogP contribution in [0.1, 0.15) is 15.9 Å². The minimum Gasteiger partial charge on any atom is -0.336 e. The van der Waals surface area contributed by atoms with Crippen molar-refractivity contribution in [3.63, 3.8) is 0 Å². The summed E-state index contributed by atoms with van der Waals surface area (Å²) in [5.74, 6) is -0.165. The number of carbonyl (C=O) groups is 2. The molecular formula is C17H17N3O2. The first-order valence-corrected chi connectivity index (χ1v) is 7.17. The predicted molar refractivity (Wildman–Crippen MR) is 86.3 cm³/mol. The molecule has 1 heterocycles. The molecule has 0 bridgehead atoms. The van der Waals surface area contributed by atoms with Crippen molar-refractivity contribution in [3.8, 4) is 0 Å². The average molecular weight is 295 g/mol. The first-order chi connectivity index (χ1) is 10.6. The van der Waals surface area contributed by atoms with E-state index in [0.717, 1.165) is 16.9 Å². The number of rotatable bonds is 3. The van der Waals surface area contributed by atoms with E-state index in [4.69, 9.17) is 0 Å². The van der Waals surface area contributed by atoms with Crippen molar-refractivity contribution >= 4 is 23.3 Å². The largest absolute Gasteiger partial charge is 0.336 e. The molecule has 0 atom stereocenters. The average Bonchev–Trinajstić information content (AvgIpc) is 2.96. The van der Waals surface area contributed by atoms with Gasteiger partial charge in [0.1, 0.15) is 0 Å². The summed E-state index contributed by atoms with van der Waals surface area (Å²) in [6.07, 6.45) is 0. The molecular weight excluding hydrogens is 278 g/mol. The van der Waals surface area contributed by atoms with Gasteiger partial charge in [0.05, 0.1) is 0 Å². The van der Waals surface area contributed by atoms with E-state index < -0.39 is 0 Å². The molecule has 0 unspecified atom stereocenters. The van der Waals surface area contributed by atoms with Crippen LogP contribution in [0.15, 0.2) is 48.5 Å². The predicted octanol–water partition coefficient (Wildman–Crippen LogP) is 2.78. The number of benzene rings is 2. The Morgan fingerprint density at radius 3 is 2.36 bits per heavy atom. The van der Waals surface area contributed by atoms with E-state index in [2.05, 4.69) is 10.6 Å². The number of aryl methyl sites for hydroxylation is 1. The van der Waals surface area contributed by atoms with Crippen molar-refractivity contribution in [1.82, 2.24) is 5.32 Å². The molecule has 0 spiro atoms. The van der Waals surface area contributed by atoms with Crippen molar-refractivity contribution in [1.29, 1.82) is 0 Å². The van der Waals surface area contributed by atoms with Crippen LogP contribution in [0.3, 0.4) is 0 Å². The highest BCUT2D eigenvalue weighted by Gasteiger charge is 2.21. The summed E-state index contributed by atoms with van der Waals surface area (Å²) in [6.45, 7) is 3.29. The van der Waals surface area contributed by atoms with Gasteiger partial charge in [-0.1, -0.05) is 17.7 Å². The summed E-state index contributed by atoms with van der Waals surface area (Å²) in [4.78, 5) is 25.4. The van der Waals surface area contributed by atoms with Crippen LogP contribution in [0, 0.1) is 6.92 Å². The standard InChI is InChI=1S/C17H17N3O2/c1-12-2-6-14(7-3-12)19-16(21)13-4-8-15(9-5-13)20-11-10-18-17(20)22/h2-9H,10-11H2,1H3,(H,18,22)(H,19,21). The second-order valence-corrected chi connectivity index (χ2v) is 5.25. The Kier molecular flexibility index (Phi) is 3.78. The zero-order chi connectivity index (χ0) is 15.5. The molecule has 112 valence electrons. The Balaban J connectivity index is 1.70. The fourth-order valence-electron chi connectivity index (χ4n) is 2.35. The Labute approximate surface area is 128 Å². The number of hydrogen-bond donors (Lipinski definition) is 2. The normalized spacial score (nSPS) is 13.9. The number of hydrogen-bond acceptors (Lipinski definition) is 2. The molecule has 22 heavy (non-hydrogen) atoms. The molecule has 1 aliphatic heterocycles. The molecule has 3 amide bonds. The molecule has 0 saturated carbocycles. The lowest BCUT2D eigenvalue weighted by Gasteiger charge is -2.14. The highest BCUT2D eigenvalue weighted by Crippen LogP contribution is 2.18. The summed E-state index contributed by atoms with van der Waals surface area (Å²) in [5, 5.41) is 5.60. The van der Waals surface area contributed by atoms with Gasteiger partial charge >= 0.3 is 6.03 Å². The van der Waals surface area contributed by atoms with Gasteiger partial charge < -0.3 is 10.6 Å². The lowest BCUT2D eigenvalue weighted by Crippen LogP contribution is -2.27. The summed E-state index contributed by atoms with van der Waals surface area (Å²) in [5.41, 5.74) is 3.26. The second-order valence-electron chi connectivity index (χ2n) is 5.25. The molecule has 0 radical (unpaired) electrons. The minimum absolute atomic E-state index is 0.100. The highest BCUT2D eigenvalue weighted by atomic mass is 16.2. The van der Waals surface area contributed by atoms with E-state index in [1.54, 1.807) is 29.2 Å². The van der Waals surface area contributed by atoms with Crippen molar-refractivity contribution in [2.24, 2.45) is 0 Å². The Morgan fingerprint density at radius 1 is 1.09 bits per heavy atom. The van der Waals surface area contributed by atoms with Crippen LogP contribution in [0.2, 0.25) is 0 Å². The molecule has 1 aliphatic rings. The maximum absolute atomic E-state index is 12.2. The van der Waals surface area contributed by atoms with Gasteiger partial charge in [-0.05, 0) is 43.3 Å². The zero-order valence-corrected chi connectivity index (χ0v) is 12.3. The number of carbonyl (C=O) groups excluding carboxylic acids is 2. The van der Waals surface area contributed by atoms with E-state index in [9.17, 15) is 9.59 Å². The summed E-state index contributed by atoms with van der Waals surface area (Å²) >= 11 is 0. The van der Waals surface area contributed by atoms with Crippen LogP contribution >= 0.6 is 0 Å². The molecule has 5 nitrogen and oxygen atoms in total. The molecule has 0 aromatic heterocycles. The topological polar surface area (TPSA) is 61.4 Å². The summed E-state index contributed by atoms with van der Waals surface area (Å²) < 4.78 is 0. The Hall–Kier alpha value is -2.82. The Morgan fingerprint density at radius 2 is 1.77 bits per heavy atom. The number of amides is 3. The van der Waals surface area contributed by atoms with Gasteiger partial charge in [-0.3, -0.25) is 9.69 Å². The summed E-state index contributed by atoms with van der Waals surface area (Å²) in [7, 11) is 0. The lowest BCUT2D eigenvalue weighted by molar-refractivity contribution is 0.102. The summed E-state index contributed by atoms with van der Waals surface area (Å²) in [6, 6.07) is 14.6. The van der Waals surface area contributed by atoms with Gasteiger partial charge in [0.25, 0.3) is 5.91 Å². The van der Waals surface area contributed by atoms with Crippen LogP contribution in [-0.4, -0.2) is 25.0 Å². The molecule has 0 aliphatic carbocycles. The van der Waals surface area contributed by atoms with Gasteiger partial charge in [0.2, 0.25) is 0 Å². The first kappa shape index (κ1) is 14.1. The third-order valence-corrected chi connectivity index (χ3v) is 3.61. The van der Waals surface area contributed by atoms with Gasteiger partial charge in [0.15, 0.2) is 0 Å². The number of nitrogens with zero attached hydrogens (tertiary/aromatic N) is 1. The molecule has 1 saturated heterocycles. The van der Waals surface area contributed by atoms with E-state index in [1.807, 2.05) is 31.2 Å². The smallest absolute Gasteiger partial charge is 0.321 e. The van der Waals surface area contributed by atoms with Crippen molar-refractivity contribution < 1.29 is 9.59 Å². The fourth-order valence-corrected chi connectivity index (χ4v) is 2.35. The van der Waals surface area contributed by atoms with E-state index in [1.165, 1.54) is 0 Å². The zero-order valence-electron chi connectivity index (χ0n) is 12.3. The minimum atomic E-state index is -0.165. The van der Waals surface area contributed by atoms with Crippen LogP contribution in [0.25, 0.3) is 0 Å². The van der Waals surface area contributed by atoms with E-state index >= 15 is 0 Å². The monoisotopic (exact) mass is 295 g/mol. The van der Waals surface area contributed by atoms with Gasteiger partial charge in [-0.15, -0.1) is 0 Å². The fraction of sp³-hybridized carbons (Fsp3) is 0.176. The molecule has 2 aromatic rings. The van der Waals surface area contributed by atoms with Crippen molar-refractivity contribution in [3.05, 3.63) is 59.7 Å². The number of urea groups is 1. The van der Waals surface area contributed by atoms with Gasteiger partial charge in [0, 0.05) is 30.0 Å². The second kappa shape index (κ2) is 5.89. The number of nitrogens with one attached hydrogen (secondary N) is 2. The third-order valence-electron chi connectivity index (χ3n) is 3.61. The third kappa shape index (κ3) is 2.93. The molecule has 1 fully saturated rings.